The van der Waals surface area contributed by atoms with Gasteiger partial charge in [-0.25, -0.2) is 0 Å². The van der Waals surface area contributed by atoms with Gasteiger partial charge in [0.25, 0.3) is 0 Å². The zero-order chi connectivity index (χ0) is 18.5. The highest BCUT2D eigenvalue weighted by atomic mass is 16.6. The molecule has 0 saturated carbocycles. The van der Waals surface area contributed by atoms with Crippen LogP contribution in [0.5, 0.6) is 5.75 Å². The number of esters is 1. The third-order valence-electron chi connectivity index (χ3n) is 4.13. The highest BCUT2D eigenvalue weighted by molar-refractivity contribution is 5.90. The third kappa shape index (κ3) is 3.83. The first-order valence-corrected chi connectivity index (χ1v) is 8.06. The summed E-state index contributed by atoms with van der Waals surface area (Å²) in [5.74, 6) is -1.00. The number of benzene rings is 2. The first-order chi connectivity index (χ1) is 12.6. The van der Waals surface area contributed by atoms with Gasteiger partial charge in [-0.15, -0.1) is 0 Å². The van der Waals surface area contributed by atoms with Crippen molar-refractivity contribution in [3.8, 4) is 5.75 Å². The second-order valence-electron chi connectivity index (χ2n) is 5.82. The first-order valence-electron chi connectivity index (χ1n) is 8.06. The summed E-state index contributed by atoms with van der Waals surface area (Å²) < 4.78 is 10.5. The minimum Gasteiger partial charge on any atom is -0.489 e. The Morgan fingerprint density at radius 2 is 2.00 bits per heavy atom. The highest BCUT2D eigenvalue weighted by Crippen LogP contribution is 2.30. The van der Waals surface area contributed by atoms with Crippen LogP contribution in [0.2, 0.25) is 0 Å². The Kier molecular flexibility index (Phi) is 5.17. The van der Waals surface area contributed by atoms with Crippen molar-refractivity contribution in [2.45, 2.75) is 12.5 Å². The van der Waals surface area contributed by atoms with Crippen LogP contribution in [0, 0.1) is 10.1 Å². The van der Waals surface area contributed by atoms with E-state index in [4.69, 9.17) is 9.47 Å². The van der Waals surface area contributed by atoms with Gasteiger partial charge in [-0.3, -0.25) is 14.9 Å². The number of hydrogen-bond acceptors (Lipinski definition) is 5. The maximum Gasteiger partial charge on any atom is 0.319 e. The largest absolute Gasteiger partial charge is 0.489 e. The standard InChI is InChI=1S/C19H18N2O5/c1-25-19(22)17(11-21(23)24)16-10-20-18-8-7-14(9-15(16)18)26-12-13-5-3-2-4-6-13/h2-10,17,20H,11-12H2,1H3. The first kappa shape index (κ1) is 17.5. The molecule has 0 radical (unpaired) electrons. The number of fused-ring (bicyclic) bond motifs is 1. The summed E-state index contributed by atoms with van der Waals surface area (Å²) in [6, 6.07) is 15.1. The number of aromatic amines is 1. The molecule has 7 heteroatoms. The zero-order valence-electron chi connectivity index (χ0n) is 14.2. The van der Waals surface area contributed by atoms with Gasteiger partial charge in [0.2, 0.25) is 6.54 Å². The molecule has 3 aromatic rings. The minimum absolute atomic E-state index is 0.404. The second kappa shape index (κ2) is 7.69. The Morgan fingerprint density at radius 1 is 1.23 bits per heavy atom. The van der Waals surface area contributed by atoms with E-state index in [1.54, 1.807) is 12.3 Å². The Labute approximate surface area is 149 Å². The molecular formula is C19H18N2O5. The summed E-state index contributed by atoms with van der Waals surface area (Å²) in [6.07, 6.45) is 1.61. The molecular weight excluding hydrogens is 336 g/mol. The lowest BCUT2D eigenvalue weighted by Gasteiger charge is -2.11. The molecule has 1 N–H and O–H groups in total. The van der Waals surface area contributed by atoms with Crippen LogP contribution in [-0.4, -0.2) is 29.5 Å². The van der Waals surface area contributed by atoms with Crippen LogP contribution in [0.3, 0.4) is 0 Å². The summed E-state index contributed by atoms with van der Waals surface area (Å²) in [4.78, 5) is 25.5. The zero-order valence-corrected chi connectivity index (χ0v) is 14.2. The number of nitrogens with one attached hydrogen (secondary N) is 1. The molecule has 0 aliphatic rings. The maximum atomic E-state index is 12.0. The number of nitro groups is 1. The van der Waals surface area contributed by atoms with Gasteiger partial charge in [-0.05, 0) is 29.3 Å². The number of carbonyl (C=O) groups is 1. The highest BCUT2D eigenvalue weighted by Gasteiger charge is 2.29. The molecule has 26 heavy (non-hydrogen) atoms. The van der Waals surface area contributed by atoms with E-state index in [0.29, 0.717) is 23.3 Å². The molecule has 0 aliphatic carbocycles. The molecule has 134 valence electrons. The Hall–Kier alpha value is -3.35. The second-order valence-corrected chi connectivity index (χ2v) is 5.82. The fourth-order valence-corrected chi connectivity index (χ4v) is 2.83. The molecule has 0 saturated heterocycles. The molecule has 0 bridgehead atoms. The van der Waals surface area contributed by atoms with E-state index >= 15 is 0 Å². The number of aromatic nitrogens is 1. The van der Waals surface area contributed by atoms with Crippen molar-refractivity contribution >= 4 is 16.9 Å². The summed E-state index contributed by atoms with van der Waals surface area (Å²) in [5.41, 5.74) is 2.32. The van der Waals surface area contributed by atoms with Gasteiger partial charge in [-0.2, -0.15) is 0 Å². The number of rotatable bonds is 7. The molecule has 0 spiro atoms. The molecule has 0 aliphatic heterocycles. The molecule has 1 heterocycles. The molecule has 0 amide bonds. The van der Waals surface area contributed by atoms with Crippen LogP contribution < -0.4 is 4.74 Å². The number of nitrogens with zero attached hydrogens (tertiary/aromatic N) is 1. The van der Waals surface area contributed by atoms with Gasteiger partial charge in [-0.1, -0.05) is 30.3 Å². The van der Waals surface area contributed by atoms with Crippen LogP contribution in [0.1, 0.15) is 17.0 Å². The summed E-state index contributed by atoms with van der Waals surface area (Å²) >= 11 is 0. The molecule has 3 rings (SSSR count). The van der Waals surface area contributed by atoms with Crippen LogP contribution in [0.25, 0.3) is 10.9 Å². The van der Waals surface area contributed by atoms with Gasteiger partial charge in [0.1, 0.15) is 18.3 Å². The van der Waals surface area contributed by atoms with Crippen LogP contribution in [0.4, 0.5) is 0 Å². The van der Waals surface area contributed by atoms with E-state index in [2.05, 4.69) is 4.98 Å². The number of ether oxygens (including phenoxy) is 2. The van der Waals surface area contributed by atoms with E-state index in [1.807, 2.05) is 42.5 Å². The fourth-order valence-electron chi connectivity index (χ4n) is 2.83. The van der Waals surface area contributed by atoms with Crippen molar-refractivity contribution in [1.29, 1.82) is 0 Å². The minimum atomic E-state index is -0.979. The predicted molar refractivity (Wildman–Crippen MR) is 95.7 cm³/mol. The SMILES string of the molecule is COC(=O)C(C[N+](=O)[O-])c1c[nH]c2ccc(OCc3ccccc3)cc12. The average Bonchev–Trinajstić information content (AvgIpc) is 3.07. The number of hydrogen-bond donors (Lipinski definition) is 1. The fraction of sp³-hybridized carbons (Fsp3) is 0.211. The van der Waals surface area contributed by atoms with Crippen molar-refractivity contribution in [2.24, 2.45) is 0 Å². The monoisotopic (exact) mass is 354 g/mol. The quantitative estimate of drug-likeness (QED) is 0.399. The van der Waals surface area contributed by atoms with E-state index in [9.17, 15) is 14.9 Å². The molecule has 7 nitrogen and oxygen atoms in total. The smallest absolute Gasteiger partial charge is 0.319 e. The topological polar surface area (TPSA) is 94.5 Å². The number of methoxy groups -OCH3 is 1. The van der Waals surface area contributed by atoms with Crippen LogP contribution >= 0.6 is 0 Å². The summed E-state index contributed by atoms with van der Waals surface area (Å²) in [5, 5.41) is 11.7. The van der Waals surface area contributed by atoms with Crippen molar-refractivity contribution in [1.82, 2.24) is 4.98 Å². The van der Waals surface area contributed by atoms with Gasteiger partial charge >= 0.3 is 5.97 Å². The number of H-pyrrole nitrogens is 1. The molecule has 1 atom stereocenters. The van der Waals surface area contributed by atoms with Crippen molar-refractivity contribution < 1.29 is 19.2 Å². The predicted octanol–water partition coefficient (Wildman–Crippen LogP) is 3.28. The van der Waals surface area contributed by atoms with Crippen molar-refractivity contribution in [3.05, 3.63) is 76.0 Å². The number of carbonyl (C=O) groups excluding carboxylic acids is 1. The lowest BCUT2D eigenvalue weighted by atomic mass is 9.98. The molecule has 1 unspecified atom stereocenters. The van der Waals surface area contributed by atoms with E-state index < -0.39 is 23.4 Å². The van der Waals surface area contributed by atoms with Gasteiger partial charge in [0.05, 0.1) is 7.11 Å². The lowest BCUT2D eigenvalue weighted by Crippen LogP contribution is -2.22. The lowest BCUT2D eigenvalue weighted by molar-refractivity contribution is -0.481. The van der Waals surface area contributed by atoms with Crippen LogP contribution in [-0.2, 0) is 16.1 Å². The normalized spacial score (nSPS) is 11.9. The summed E-state index contributed by atoms with van der Waals surface area (Å²) in [7, 11) is 1.22. The summed E-state index contributed by atoms with van der Waals surface area (Å²) in [6.45, 7) is -0.129. The van der Waals surface area contributed by atoms with Crippen LogP contribution in [0.15, 0.2) is 54.7 Å². The molecule has 0 fully saturated rings. The Bertz CT molecular complexity index is 920. The molecule has 1 aromatic heterocycles. The van der Waals surface area contributed by atoms with Crippen molar-refractivity contribution in [3.63, 3.8) is 0 Å². The van der Waals surface area contributed by atoms with Gasteiger partial charge in [0.15, 0.2) is 0 Å². The van der Waals surface area contributed by atoms with Gasteiger partial charge in [0, 0.05) is 22.0 Å². The van der Waals surface area contributed by atoms with E-state index in [-0.39, 0.29) is 0 Å². The molecule has 2 aromatic carbocycles. The van der Waals surface area contributed by atoms with Gasteiger partial charge < -0.3 is 14.5 Å². The van der Waals surface area contributed by atoms with Crippen molar-refractivity contribution in [2.75, 3.05) is 13.7 Å². The third-order valence-corrected chi connectivity index (χ3v) is 4.13. The van der Waals surface area contributed by atoms with E-state index in [1.165, 1.54) is 7.11 Å². The Balaban J connectivity index is 1.89. The maximum absolute atomic E-state index is 12.0. The van der Waals surface area contributed by atoms with E-state index in [0.717, 1.165) is 11.1 Å². The average molecular weight is 354 g/mol. The Morgan fingerprint density at radius 3 is 2.69 bits per heavy atom.